The highest BCUT2D eigenvalue weighted by Crippen LogP contribution is 2.13. The highest BCUT2D eigenvalue weighted by molar-refractivity contribution is 5.54. The molecule has 0 aliphatic rings. The second kappa shape index (κ2) is 4.24. The number of H-pyrrole nitrogens is 1. The molecule has 0 aliphatic heterocycles. The van der Waals surface area contributed by atoms with Crippen molar-refractivity contribution in [3.05, 3.63) is 51.9 Å². The van der Waals surface area contributed by atoms with E-state index >= 15 is 0 Å². The Bertz CT molecular complexity index is 785. The SMILES string of the molecule is Cc1ccc(Nc2nc3nc(C)cc(=O)n3[nH]2)cc1. The van der Waals surface area contributed by atoms with Gasteiger partial charge in [-0.3, -0.25) is 9.89 Å². The number of aromatic amines is 1. The maximum Gasteiger partial charge on any atom is 0.274 e. The first kappa shape index (κ1) is 11.5. The van der Waals surface area contributed by atoms with E-state index in [1.165, 1.54) is 16.1 Å². The van der Waals surface area contributed by atoms with Crippen LogP contribution in [0.2, 0.25) is 0 Å². The number of rotatable bonds is 2. The summed E-state index contributed by atoms with van der Waals surface area (Å²) in [5.74, 6) is 0.846. The van der Waals surface area contributed by atoms with Crippen LogP contribution in [0.25, 0.3) is 5.78 Å². The van der Waals surface area contributed by atoms with Crippen molar-refractivity contribution < 1.29 is 0 Å². The molecule has 2 heterocycles. The van der Waals surface area contributed by atoms with Gasteiger partial charge in [-0.15, -0.1) is 0 Å². The van der Waals surface area contributed by atoms with Crippen molar-refractivity contribution in [3.63, 3.8) is 0 Å². The molecule has 0 spiro atoms. The van der Waals surface area contributed by atoms with E-state index in [2.05, 4.69) is 20.4 Å². The molecule has 0 amide bonds. The molecule has 0 saturated heterocycles. The molecule has 2 N–H and O–H groups in total. The van der Waals surface area contributed by atoms with Crippen LogP contribution in [0.5, 0.6) is 0 Å². The highest BCUT2D eigenvalue weighted by atomic mass is 16.1. The highest BCUT2D eigenvalue weighted by Gasteiger charge is 2.06. The fourth-order valence-corrected chi connectivity index (χ4v) is 1.82. The Balaban J connectivity index is 2.00. The minimum atomic E-state index is -0.174. The molecule has 6 heteroatoms. The average Bonchev–Trinajstić information content (AvgIpc) is 2.75. The van der Waals surface area contributed by atoms with Crippen molar-refractivity contribution >= 4 is 17.4 Å². The monoisotopic (exact) mass is 255 g/mol. The minimum Gasteiger partial charge on any atom is -0.325 e. The van der Waals surface area contributed by atoms with E-state index in [4.69, 9.17) is 0 Å². The fraction of sp³-hybridized carbons (Fsp3) is 0.154. The molecule has 96 valence electrons. The number of aromatic nitrogens is 4. The molecule has 3 rings (SSSR count). The molecular formula is C13H13N5O. The first-order chi connectivity index (χ1) is 9.11. The van der Waals surface area contributed by atoms with Crippen molar-refractivity contribution in [2.24, 2.45) is 0 Å². The van der Waals surface area contributed by atoms with Gasteiger partial charge in [0.25, 0.3) is 11.3 Å². The Kier molecular flexibility index (Phi) is 2.56. The van der Waals surface area contributed by atoms with Gasteiger partial charge in [-0.05, 0) is 26.0 Å². The summed E-state index contributed by atoms with van der Waals surface area (Å²) in [6.07, 6.45) is 0. The number of fused-ring (bicyclic) bond motifs is 1. The predicted octanol–water partition coefficient (Wildman–Crippen LogP) is 1.78. The molecule has 0 radical (unpaired) electrons. The molecule has 0 unspecified atom stereocenters. The van der Waals surface area contributed by atoms with Crippen LogP contribution in [-0.2, 0) is 0 Å². The van der Waals surface area contributed by atoms with Gasteiger partial charge < -0.3 is 5.32 Å². The zero-order chi connectivity index (χ0) is 13.4. The lowest BCUT2D eigenvalue weighted by atomic mass is 10.2. The number of anilines is 2. The van der Waals surface area contributed by atoms with Crippen LogP contribution < -0.4 is 10.9 Å². The number of nitrogens with one attached hydrogen (secondary N) is 2. The van der Waals surface area contributed by atoms with Crippen LogP contribution in [0.15, 0.2) is 35.1 Å². The second-order valence-electron chi connectivity index (χ2n) is 4.43. The number of aryl methyl sites for hydroxylation is 2. The van der Waals surface area contributed by atoms with Crippen molar-refractivity contribution in [1.29, 1.82) is 0 Å². The zero-order valence-electron chi connectivity index (χ0n) is 10.6. The average molecular weight is 255 g/mol. The van der Waals surface area contributed by atoms with Crippen LogP contribution in [-0.4, -0.2) is 19.6 Å². The van der Waals surface area contributed by atoms with E-state index in [0.717, 1.165) is 5.69 Å². The summed E-state index contributed by atoms with van der Waals surface area (Å²) in [6.45, 7) is 3.79. The number of hydrogen-bond acceptors (Lipinski definition) is 4. The smallest absolute Gasteiger partial charge is 0.274 e. The molecule has 2 aromatic heterocycles. The molecule has 19 heavy (non-hydrogen) atoms. The van der Waals surface area contributed by atoms with Crippen LogP contribution in [0, 0.1) is 13.8 Å². The molecule has 0 aliphatic carbocycles. The quantitative estimate of drug-likeness (QED) is 0.732. The maximum atomic E-state index is 11.7. The Morgan fingerprint density at radius 1 is 1.16 bits per heavy atom. The van der Waals surface area contributed by atoms with Crippen molar-refractivity contribution in [2.45, 2.75) is 13.8 Å². The number of nitrogens with zero attached hydrogens (tertiary/aromatic N) is 3. The summed E-state index contributed by atoms with van der Waals surface area (Å²) in [5.41, 5.74) is 2.56. The Morgan fingerprint density at radius 3 is 2.63 bits per heavy atom. The molecule has 0 saturated carbocycles. The van der Waals surface area contributed by atoms with Gasteiger partial charge in [-0.2, -0.15) is 9.50 Å². The molecular weight excluding hydrogens is 242 g/mol. The van der Waals surface area contributed by atoms with E-state index in [9.17, 15) is 4.79 Å². The molecule has 0 atom stereocenters. The summed E-state index contributed by atoms with van der Waals surface area (Å²) in [6, 6.07) is 9.36. The summed E-state index contributed by atoms with van der Waals surface area (Å²) >= 11 is 0. The Morgan fingerprint density at radius 2 is 1.89 bits per heavy atom. The Hall–Kier alpha value is -2.63. The van der Waals surface area contributed by atoms with Gasteiger partial charge >= 0.3 is 0 Å². The van der Waals surface area contributed by atoms with Gasteiger partial charge in [0.05, 0.1) is 0 Å². The van der Waals surface area contributed by atoms with Gasteiger partial charge in [0.1, 0.15) is 0 Å². The summed E-state index contributed by atoms with van der Waals surface area (Å²) in [4.78, 5) is 20.2. The van der Waals surface area contributed by atoms with Crippen molar-refractivity contribution in [1.82, 2.24) is 19.6 Å². The molecule has 6 nitrogen and oxygen atoms in total. The van der Waals surface area contributed by atoms with E-state index in [0.29, 0.717) is 17.4 Å². The van der Waals surface area contributed by atoms with E-state index in [-0.39, 0.29) is 5.56 Å². The van der Waals surface area contributed by atoms with Gasteiger partial charge in [0, 0.05) is 17.4 Å². The van der Waals surface area contributed by atoms with Crippen molar-refractivity contribution in [2.75, 3.05) is 5.32 Å². The van der Waals surface area contributed by atoms with Crippen LogP contribution in [0.3, 0.4) is 0 Å². The van der Waals surface area contributed by atoms with Gasteiger partial charge in [0.15, 0.2) is 0 Å². The number of benzene rings is 1. The van der Waals surface area contributed by atoms with Gasteiger partial charge in [-0.25, -0.2) is 4.98 Å². The van der Waals surface area contributed by atoms with Crippen LogP contribution in [0.4, 0.5) is 11.6 Å². The lowest BCUT2D eigenvalue weighted by Gasteiger charge is -2.01. The van der Waals surface area contributed by atoms with Crippen LogP contribution >= 0.6 is 0 Å². The topological polar surface area (TPSA) is 75.1 Å². The molecule has 0 bridgehead atoms. The van der Waals surface area contributed by atoms with Crippen molar-refractivity contribution in [3.8, 4) is 0 Å². The second-order valence-corrected chi connectivity index (χ2v) is 4.43. The zero-order valence-corrected chi connectivity index (χ0v) is 10.6. The lowest BCUT2D eigenvalue weighted by Crippen LogP contribution is -2.14. The maximum absolute atomic E-state index is 11.7. The summed E-state index contributed by atoms with van der Waals surface area (Å²) in [7, 11) is 0. The third-order valence-corrected chi connectivity index (χ3v) is 2.77. The molecule has 3 aromatic rings. The van der Waals surface area contributed by atoms with Gasteiger partial charge in [0.2, 0.25) is 5.95 Å². The molecule has 0 fully saturated rings. The van der Waals surface area contributed by atoms with Crippen LogP contribution in [0.1, 0.15) is 11.3 Å². The predicted molar refractivity (Wildman–Crippen MR) is 72.8 cm³/mol. The third-order valence-electron chi connectivity index (χ3n) is 2.77. The summed E-state index contributed by atoms with van der Waals surface area (Å²) < 4.78 is 1.31. The normalized spacial score (nSPS) is 10.8. The van der Waals surface area contributed by atoms with E-state index in [1.807, 2.05) is 31.2 Å². The summed E-state index contributed by atoms with van der Waals surface area (Å²) in [5, 5.41) is 5.97. The minimum absolute atomic E-state index is 0.174. The van der Waals surface area contributed by atoms with E-state index in [1.54, 1.807) is 6.92 Å². The molecule has 1 aromatic carbocycles. The third kappa shape index (κ3) is 2.20. The first-order valence-electron chi connectivity index (χ1n) is 5.92. The van der Waals surface area contributed by atoms with E-state index < -0.39 is 0 Å². The Labute approximate surface area is 109 Å². The van der Waals surface area contributed by atoms with Gasteiger partial charge in [-0.1, -0.05) is 17.7 Å². The first-order valence-corrected chi connectivity index (χ1v) is 5.92. The fourth-order valence-electron chi connectivity index (χ4n) is 1.82. The largest absolute Gasteiger partial charge is 0.325 e. The lowest BCUT2D eigenvalue weighted by molar-refractivity contribution is 0.892. The number of hydrogen-bond donors (Lipinski definition) is 2. The standard InChI is InChI=1S/C13H13N5O/c1-8-3-5-10(6-4-8)15-12-16-13-14-9(2)7-11(19)18(13)17-12/h3-7H,1-2H3,(H2,14,15,16,17).